The quantitative estimate of drug-likeness (QED) is 0.767. The molecule has 0 aromatic heterocycles. The van der Waals surface area contributed by atoms with Gasteiger partial charge in [-0.2, -0.15) is 0 Å². The minimum atomic E-state index is 0.0497. The van der Waals surface area contributed by atoms with Crippen LogP contribution in [0, 0.1) is 5.92 Å². The second-order valence-electron chi connectivity index (χ2n) is 5.00. The van der Waals surface area contributed by atoms with Gasteiger partial charge in [-0.15, -0.1) is 0 Å². The Bertz CT molecular complexity index is 432. The van der Waals surface area contributed by atoms with Crippen LogP contribution in [0.2, 0.25) is 5.02 Å². The number of hydrogen-bond donors (Lipinski definition) is 0. The van der Waals surface area contributed by atoms with Crippen molar-refractivity contribution in [3.8, 4) is 5.75 Å². The molecule has 1 aromatic rings. The maximum atomic E-state index is 12.1. The molecule has 1 aliphatic rings. The number of carbonyl (C=O) groups excluding carboxylic acids is 1. The maximum Gasteiger partial charge on any atom is 0.260 e. The van der Waals surface area contributed by atoms with Gasteiger partial charge >= 0.3 is 0 Å². The summed E-state index contributed by atoms with van der Waals surface area (Å²) < 4.78 is 5.50. The molecule has 2 rings (SSSR count). The number of ether oxygens (including phenoxy) is 1. The van der Waals surface area contributed by atoms with Gasteiger partial charge in [0.25, 0.3) is 5.91 Å². The number of para-hydroxylation sites is 1. The van der Waals surface area contributed by atoms with Gasteiger partial charge in [-0.3, -0.25) is 4.79 Å². The molecule has 104 valence electrons. The van der Waals surface area contributed by atoms with E-state index in [4.69, 9.17) is 16.3 Å². The largest absolute Gasteiger partial charge is 0.482 e. The van der Waals surface area contributed by atoms with Crippen molar-refractivity contribution >= 4 is 17.5 Å². The van der Waals surface area contributed by atoms with Gasteiger partial charge in [-0.05, 0) is 37.3 Å². The van der Waals surface area contributed by atoms with Gasteiger partial charge in [0.15, 0.2) is 6.61 Å². The zero-order chi connectivity index (χ0) is 13.7. The SMILES string of the molecule is CCCN(CC1CC1)C(=O)COc1ccccc1Cl. The highest BCUT2D eigenvalue weighted by molar-refractivity contribution is 6.32. The Balaban J connectivity index is 1.85. The Hall–Kier alpha value is -1.22. The van der Waals surface area contributed by atoms with Crippen molar-refractivity contribution in [3.63, 3.8) is 0 Å². The molecule has 0 saturated heterocycles. The van der Waals surface area contributed by atoms with Crippen molar-refractivity contribution in [1.29, 1.82) is 0 Å². The Labute approximate surface area is 119 Å². The average Bonchev–Trinajstić information content (AvgIpc) is 3.21. The molecule has 0 radical (unpaired) electrons. The van der Waals surface area contributed by atoms with Crippen LogP contribution in [0.3, 0.4) is 0 Å². The fraction of sp³-hybridized carbons (Fsp3) is 0.533. The fourth-order valence-electron chi connectivity index (χ4n) is 1.99. The molecule has 4 heteroatoms. The molecule has 0 bridgehead atoms. The summed E-state index contributed by atoms with van der Waals surface area (Å²) in [6.07, 6.45) is 3.47. The summed E-state index contributed by atoms with van der Waals surface area (Å²) in [6.45, 7) is 3.83. The van der Waals surface area contributed by atoms with E-state index in [1.165, 1.54) is 12.8 Å². The lowest BCUT2D eigenvalue weighted by Crippen LogP contribution is -2.37. The third kappa shape index (κ3) is 4.43. The number of benzene rings is 1. The number of rotatable bonds is 7. The Morgan fingerprint density at radius 3 is 2.79 bits per heavy atom. The Morgan fingerprint density at radius 2 is 2.16 bits per heavy atom. The van der Waals surface area contributed by atoms with Crippen LogP contribution < -0.4 is 4.74 Å². The minimum Gasteiger partial charge on any atom is -0.482 e. The van der Waals surface area contributed by atoms with Crippen LogP contribution in [0.1, 0.15) is 26.2 Å². The van der Waals surface area contributed by atoms with E-state index in [9.17, 15) is 4.79 Å². The van der Waals surface area contributed by atoms with Crippen molar-refractivity contribution in [2.75, 3.05) is 19.7 Å². The molecule has 1 aromatic carbocycles. The van der Waals surface area contributed by atoms with Crippen molar-refractivity contribution in [2.45, 2.75) is 26.2 Å². The van der Waals surface area contributed by atoms with E-state index in [-0.39, 0.29) is 12.5 Å². The van der Waals surface area contributed by atoms with Gasteiger partial charge in [0.2, 0.25) is 0 Å². The summed E-state index contributed by atoms with van der Waals surface area (Å²) in [6, 6.07) is 7.23. The number of hydrogen-bond acceptors (Lipinski definition) is 2. The molecular formula is C15H20ClNO2. The molecule has 19 heavy (non-hydrogen) atoms. The van der Waals surface area contributed by atoms with Crippen LogP contribution in [0.4, 0.5) is 0 Å². The van der Waals surface area contributed by atoms with Gasteiger partial charge in [0.1, 0.15) is 5.75 Å². The van der Waals surface area contributed by atoms with Crippen LogP contribution in [-0.2, 0) is 4.79 Å². The predicted octanol–water partition coefficient (Wildman–Crippen LogP) is 3.37. The first-order valence-corrected chi connectivity index (χ1v) is 7.23. The van der Waals surface area contributed by atoms with Gasteiger partial charge < -0.3 is 9.64 Å². The van der Waals surface area contributed by atoms with Gasteiger partial charge in [-0.25, -0.2) is 0 Å². The lowest BCUT2D eigenvalue weighted by atomic mass is 10.3. The summed E-state index contributed by atoms with van der Waals surface area (Å²) in [5, 5.41) is 0.541. The topological polar surface area (TPSA) is 29.5 Å². The van der Waals surface area contributed by atoms with Crippen molar-refractivity contribution in [3.05, 3.63) is 29.3 Å². The Morgan fingerprint density at radius 1 is 1.42 bits per heavy atom. The second-order valence-corrected chi connectivity index (χ2v) is 5.41. The maximum absolute atomic E-state index is 12.1. The first kappa shape index (κ1) is 14.2. The van der Waals surface area contributed by atoms with E-state index in [0.29, 0.717) is 16.7 Å². The summed E-state index contributed by atoms with van der Waals surface area (Å²) in [5.74, 6) is 1.32. The third-order valence-electron chi connectivity index (χ3n) is 3.21. The molecule has 1 aliphatic carbocycles. The summed E-state index contributed by atoms with van der Waals surface area (Å²) in [5.41, 5.74) is 0. The van der Waals surface area contributed by atoms with Gasteiger partial charge in [0, 0.05) is 13.1 Å². The van der Waals surface area contributed by atoms with Crippen LogP contribution in [-0.4, -0.2) is 30.5 Å². The molecule has 0 N–H and O–H groups in total. The highest BCUT2D eigenvalue weighted by Gasteiger charge is 2.26. The summed E-state index contributed by atoms with van der Waals surface area (Å²) >= 11 is 5.99. The number of carbonyl (C=O) groups is 1. The van der Waals surface area contributed by atoms with Crippen LogP contribution in [0.25, 0.3) is 0 Å². The first-order chi connectivity index (χ1) is 9.20. The van der Waals surface area contributed by atoms with Crippen LogP contribution >= 0.6 is 11.6 Å². The third-order valence-corrected chi connectivity index (χ3v) is 3.52. The molecule has 3 nitrogen and oxygen atoms in total. The normalized spacial score (nSPS) is 14.2. The standard InChI is InChI=1S/C15H20ClNO2/c1-2-9-17(10-12-7-8-12)15(18)11-19-14-6-4-3-5-13(14)16/h3-6,12H,2,7-11H2,1H3. The highest BCUT2D eigenvalue weighted by atomic mass is 35.5. The predicted molar refractivity (Wildman–Crippen MR) is 76.5 cm³/mol. The lowest BCUT2D eigenvalue weighted by molar-refractivity contribution is -0.133. The van der Waals surface area contributed by atoms with E-state index < -0.39 is 0 Å². The molecule has 1 amide bonds. The fourth-order valence-corrected chi connectivity index (χ4v) is 2.18. The zero-order valence-corrected chi connectivity index (χ0v) is 12.0. The van der Waals surface area contributed by atoms with Crippen LogP contribution in [0.15, 0.2) is 24.3 Å². The molecule has 0 aliphatic heterocycles. The summed E-state index contributed by atoms with van der Waals surface area (Å²) in [4.78, 5) is 14.1. The number of nitrogens with zero attached hydrogens (tertiary/aromatic N) is 1. The molecule has 0 spiro atoms. The highest BCUT2D eigenvalue weighted by Crippen LogP contribution is 2.30. The number of halogens is 1. The van der Waals surface area contributed by atoms with E-state index in [2.05, 4.69) is 6.92 Å². The van der Waals surface area contributed by atoms with E-state index in [1.807, 2.05) is 17.0 Å². The molecule has 1 saturated carbocycles. The first-order valence-electron chi connectivity index (χ1n) is 6.85. The Kier molecular flexibility index (Phi) is 5.08. The van der Waals surface area contributed by atoms with E-state index in [1.54, 1.807) is 12.1 Å². The lowest BCUT2D eigenvalue weighted by Gasteiger charge is -2.22. The van der Waals surface area contributed by atoms with Crippen molar-refractivity contribution in [1.82, 2.24) is 4.90 Å². The summed E-state index contributed by atoms with van der Waals surface area (Å²) in [7, 11) is 0. The molecule has 0 heterocycles. The molecular weight excluding hydrogens is 262 g/mol. The molecule has 0 atom stereocenters. The van der Waals surface area contributed by atoms with Crippen molar-refractivity contribution < 1.29 is 9.53 Å². The zero-order valence-electron chi connectivity index (χ0n) is 11.3. The van der Waals surface area contributed by atoms with Gasteiger partial charge in [0.05, 0.1) is 5.02 Å². The smallest absolute Gasteiger partial charge is 0.260 e. The number of amides is 1. The molecule has 1 fully saturated rings. The molecule has 0 unspecified atom stereocenters. The van der Waals surface area contributed by atoms with Crippen molar-refractivity contribution in [2.24, 2.45) is 5.92 Å². The van der Waals surface area contributed by atoms with E-state index >= 15 is 0 Å². The minimum absolute atomic E-state index is 0.0497. The van der Waals surface area contributed by atoms with Crippen LogP contribution in [0.5, 0.6) is 5.75 Å². The van der Waals surface area contributed by atoms with E-state index in [0.717, 1.165) is 19.5 Å². The van der Waals surface area contributed by atoms with Gasteiger partial charge in [-0.1, -0.05) is 30.7 Å². The monoisotopic (exact) mass is 281 g/mol. The average molecular weight is 282 g/mol. The second kappa shape index (κ2) is 6.80.